The monoisotopic (exact) mass is 300 g/mol. The minimum atomic E-state index is -0.715. The van der Waals surface area contributed by atoms with Gasteiger partial charge < -0.3 is 27.4 Å². The predicted molar refractivity (Wildman–Crippen MR) is 79.2 cm³/mol. The fourth-order valence-electron chi connectivity index (χ4n) is 1.61. The minimum absolute atomic E-state index is 0.0187. The van der Waals surface area contributed by atoms with Crippen LogP contribution in [-0.2, 0) is 14.4 Å². The number of rotatable bonds is 8. The van der Waals surface area contributed by atoms with E-state index >= 15 is 0 Å². The lowest BCUT2D eigenvalue weighted by Crippen LogP contribution is -2.52. The molecule has 0 aliphatic rings. The Bertz CT molecular complexity index is 406. The van der Waals surface area contributed by atoms with Gasteiger partial charge in [-0.05, 0) is 19.8 Å². The number of amides is 3. The van der Waals surface area contributed by atoms with Crippen molar-refractivity contribution >= 4 is 23.7 Å². The van der Waals surface area contributed by atoms with E-state index in [-0.39, 0.29) is 17.8 Å². The second kappa shape index (κ2) is 9.56. The molecule has 0 aromatic carbocycles. The summed E-state index contributed by atoms with van der Waals surface area (Å²) in [6.45, 7) is 3.22. The first-order valence-electron chi connectivity index (χ1n) is 6.62. The van der Waals surface area contributed by atoms with Crippen LogP contribution in [0.15, 0.2) is 4.99 Å². The Morgan fingerprint density at radius 2 is 1.76 bits per heavy atom. The van der Waals surface area contributed by atoms with E-state index < -0.39 is 18.0 Å². The molecule has 9 heteroatoms. The molecule has 21 heavy (non-hydrogen) atoms. The molecule has 0 aliphatic heterocycles. The van der Waals surface area contributed by atoms with Crippen molar-refractivity contribution in [2.24, 2.45) is 16.5 Å². The summed E-state index contributed by atoms with van der Waals surface area (Å²) in [6.07, 6.45) is 0.916. The Balaban J connectivity index is 4.48. The number of nitrogens with zero attached hydrogens (tertiary/aromatic N) is 1. The van der Waals surface area contributed by atoms with E-state index in [0.717, 1.165) is 0 Å². The van der Waals surface area contributed by atoms with Crippen LogP contribution in [0.5, 0.6) is 0 Å². The zero-order valence-electron chi connectivity index (χ0n) is 12.6. The lowest BCUT2D eigenvalue weighted by Gasteiger charge is -2.20. The number of hydrogen-bond acceptors (Lipinski definition) is 4. The summed E-state index contributed by atoms with van der Waals surface area (Å²) < 4.78 is 0. The van der Waals surface area contributed by atoms with Crippen LogP contribution in [0.4, 0.5) is 0 Å². The molecule has 0 fully saturated rings. The van der Waals surface area contributed by atoms with Crippen LogP contribution in [0.3, 0.4) is 0 Å². The Hall–Kier alpha value is -2.32. The van der Waals surface area contributed by atoms with Gasteiger partial charge in [-0.1, -0.05) is 0 Å². The largest absolute Gasteiger partial charge is 0.370 e. The van der Waals surface area contributed by atoms with E-state index in [1.807, 2.05) is 0 Å². The summed E-state index contributed by atoms with van der Waals surface area (Å²) in [6, 6.07) is -1.42. The Morgan fingerprint density at radius 1 is 1.14 bits per heavy atom. The maximum atomic E-state index is 11.9. The Labute approximate surface area is 123 Å². The molecule has 3 amide bonds. The molecular formula is C12H24N6O3. The average molecular weight is 300 g/mol. The molecule has 0 saturated heterocycles. The molecule has 0 radical (unpaired) electrons. The van der Waals surface area contributed by atoms with Crippen molar-refractivity contribution in [3.63, 3.8) is 0 Å². The maximum absolute atomic E-state index is 11.9. The van der Waals surface area contributed by atoms with Gasteiger partial charge in [-0.3, -0.25) is 19.4 Å². The number of aliphatic imine (C=N–C) groups is 1. The second-order valence-corrected chi connectivity index (χ2v) is 4.55. The fraction of sp³-hybridized carbons (Fsp3) is 0.667. The van der Waals surface area contributed by atoms with E-state index in [1.54, 1.807) is 0 Å². The maximum Gasteiger partial charge on any atom is 0.242 e. The Kier molecular flexibility index (Phi) is 8.51. The molecular weight excluding hydrogens is 276 g/mol. The molecule has 0 heterocycles. The molecule has 0 saturated carbocycles. The zero-order valence-corrected chi connectivity index (χ0v) is 12.6. The van der Waals surface area contributed by atoms with Gasteiger partial charge in [-0.2, -0.15) is 0 Å². The van der Waals surface area contributed by atoms with Gasteiger partial charge in [0, 0.05) is 20.5 Å². The number of likely N-dealkylation sites (N-methyl/N-ethyl adjacent to an activating group) is 1. The molecule has 2 atom stereocenters. The van der Waals surface area contributed by atoms with Crippen molar-refractivity contribution in [3.05, 3.63) is 0 Å². The van der Waals surface area contributed by atoms with Crippen molar-refractivity contribution in [3.8, 4) is 0 Å². The van der Waals surface area contributed by atoms with Gasteiger partial charge in [0.05, 0.1) is 0 Å². The van der Waals surface area contributed by atoms with Crippen molar-refractivity contribution in [1.29, 1.82) is 0 Å². The van der Waals surface area contributed by atoms with E-state index in [4.69, 9.17) is 11.5 Å². The Morgan fingerprint density at radius 3 is 2.24 bits per heavy atom. The molecule has 0 aromatic heterocycles. The molecule has 1 unspecified atom stereocenters. The van der Waals surface area contributed by atoms with Crippen LogP contribution < -0.4 is 27.4 Å². The van der Waals surface area contributed by atoms with Crippen LogP contribution in [-0.4, -0.2) is 49.4 Å². The zero-order chi connectivity index (χ0) is 16.4. The van der Waals surface area contributed by atoms with Crippen molar-refractivity contribution in [2.75, 3.05) is 13.6 Å². The summed E-state index contributed by atoms with van der Waals surface area (Å²) in [5.74, 6) is -1.08. The lowest BCUT2D eigenvalue weighted by atomic mass is 10.1. The van der Waals surface area contributed by atoms with Crippen LogP contribution in [0.25, 0.3) is 0 Å². The van der Waals surface area contributed by atoms with E-state index in [0.29, 0.717) is 19.4 Å². The first kappa shape index (κ1) is 18.7. The van der Waals surface area contributed by atoms with Crippen LogP contribution in [0, 0.1) is 0 Å². The SMILES string of the molecule is CNC(=O)C(CCCN=C(N)N)NC(=O)[C@H](C)NC(C)=O. The molecule has 0 rings (SSSR count). The highest BCUT2D eigenvalue weighted by Gasteiger charge is 2.22. The van der Waals surface area contributed by atoms with E-state index in [2.05, 4.69) is 20.9 Å². The average Bonchev–Trinajstić information content (AvgIpc) is 2.39. The number of carbonyl (C=O) groups excluding carboxylic acids is 3. The molecule has 7 N–H and O–H groups in total. The van der Waals surface area contributed by atoms with Crippen LogP contribution in [0.1, 0.15) is 26.7 Å². The molecule has 0 spiro atoms. The van der Waals surface area contributed by atoms with Gasteiger partial charge in [0.25, 0.3) is 0 Å². The standard InChI is InChI=1S/C12H24N6O3/c1-7(17-8(2)19)10(20)18-9(11(21)15-3)5-4-6-16-12(13)14/h7,9H,4-6H2,1-3H3,(H,15,21)(H,17,19)(H,18,20)(H4,13,14,16)/t7-,9?/m0/s1. The molecule has 0 aliphatic carbocycles. The third kappa shape index (κ3) is 8.45. The smallest absolute Gasteiger partial charge is 0.242 e. The number of carbonyl (C=O) groups is 3. The lowest BCUT2D eigenvalue weighted by molar-refractivity contribution is -0.131. The van der Waals surface area contributed by atoms with Gasteiger partial charge in [0.2, 0.25) is 17.7 Å². The minimum Gasteiger partial charge on any atom is -0.370 e. The summed E-state index contributed by atoms with van der Waals surface area (Å²) in [4.78, 5) is 38.3. The van der Waals surface area contributed by atoms with Gasteiger partial charge in [-0.15, -0.1) is 0 Å². The summed E-state index contributed by atoms with van der Waals surface area (Å²) in [5.41, 5.74) is 10.4. The predicted octanol–water partition coefficient (Wildman–Crippen LogP) is -2.20. The summed E-state index contributed by atoms with van der Waals surface area (Å²) >= 11 is 0. The quantitative estimate of drug-likeness (QED) is 0.196. The molecule has 9 nitrogen and oxygen atoms in total. The number of nitrogens with two attached hydrogens (primary N) is 2. The van der Waals surface area contributed by atoms with Gasteiger partial charge in [-0.25, -0.2) is 0 Å². The van der Waals surface area contributed by atoms with Gasteiger partial charge in [0.15, 0.2) is 5.96 Å². The first-order valence-corrected chi connectivity index (χ1v) is 6.62. The fourth-order valence-corrected chi connectivity index (χ4v) is 1.61. The second-order valence-electron chi connectivity index (χ2n) is 4.55. The highest BCUT2D eigenvalue weighted by atomic mass is 16.2. The molecule has 120 valence electrons. The number of hydrogen-bond donors (Lipinski definition) is 5. The van der Waals surface area contributed by atoms with Gasteiger partial charge in [0.1, 0.15) is 12.1 Å². The van der Waals surface area contributed by atoms with Gasteiger partial charge >= 0.3 is 0 Å². The molecule has 0 aromatic rings. The highest BCUT2D eigenvalue weighted by Crippen LogP contribution is 1.99. The van der Waals surface area contributed by atoms with Crippen molar-refractivity contribution in [1.82, 2.24) is 16.0 Å². The highest BCUT2D eigenvalue weighted by molar-refractivity contribution is 5.91. The first-order chi connectivity index (χ1) is 9.77. The summed E-state index contributed by atoms with van der Waals surface area (Å²) in [7, 11) is 1.48. The van der Waals surface area contributed by atoms with Crippen molar-refractivity contribution < 1.29 is 14.4 Å². The normalized spacial score (nSPS) is 12.7. The topological polar surface area (TPSA) is 152 Å². The van der Waals surface area contributed by atoms with Crippen LogP contribution >= 0.6 is 0 Å². The molecule has 0 bridgehead atoms. The van der Waals surface area contributed by atoms with E-state index in [1.165, 1.54) is 20.9 Å². The van der Waals surface area contributed by atoms with Crippen LogP contribution in [0.2, 0.25) is 0 Å². The third-order valence-corrected chi connectivity index (χ3v) is 2.64. The number of nitrogens with one attached hydrogen (secondary N) is 3. The third-order valence-electron chi connectivity index (χ3n) is 2.64. The summed E-state index contributed by atoms with van der Waals surface area (Å²) in [5, 5.41) is 7.51. The van der Waals surface area contributed by atoms with E-state index in [9.17, 15) is 14.4 Å². The van der Waals surface area contributed by atoms with Crippen molar-refractivity contribution in [2.45, 2.75) is 38.8 Å². The number of guanidine groups is 1.